The SMILES string of the molecule is Cc1c(Br)cccc1NC(=O)CC(C)N.Cl. The van der Waals surface area contributed by atoms with E-state index in [2.05, 4.69) is 21.2 Å². The number of benzene rings is 1. The van der Waals surface area contributed by atoms with Gasteiger partial charge in [-0.05, 0) is 31.5 Å². The van der Waals surface area contributed by atoms with Crippen LogP contribution in [0.2, 0.25) is 0 Å². The monoisotopic (exact) mass is 306 g/mol. The summed E-state index contributed by atoms with van der Waals surface area (Å²) in [4.78, 5) is 11.5. The number of amides is 1. The molecule has 0 fully saturated rings. The van der Waals surface area contributed by atoms with Gasteiger partial charge >= 0.3 is 0 Å². The lowest BCUT2D eigenvalue weighted by Gasteiger charge is -2.10. The highest BCUT2D eigenvalue weighted by Crippen LogP contribution is 2.23. The van der Waals surface area contributed by atoms with Gasteiger partial charge in [0.25, 0.3) is 0 Å². The van der Waals surface area contributed by atoms with Crippen molar-refractivity contribution in [2.45, 2.75) is 26.3 Å². The van der Waals surface area contributed by atoms with Gasteiger partial charge < -0.3 is 11.1 Å². The van der Waals surface area contributed by atoms with Crippen LogP contribution >= 0.6 is 28.3 Å². The van der Waals surface area contributed by atoms with Gasteiger partial charge in [0.1, 0.15) is 0 Å². The third kappa shape index (κ3) is 4.51. The van der Waals surface area contributed by atoms with E-state index in [1.807, 2.05) is 32.0 Å². The fraction of sp³-hybridized carbons (Fsp3) is 0.364. The number of anilines is 1. The molecule has 1 aromatic carbocycles. The van der Waals surface area contributed by atoms with Crippen molar-refractivity contribution in [3.8, 4) is 0 Å². The number of rotatable bonds is 3. The largest absolute Gasteiger partial charge is 0.327 e. The predicted octanol–water partition coefficient (Wildman–Crippen LogP) is 2.86. The number of nitrogens with one attached hydrogen (secondary N) is 1. The predicted molar refractivity (Wildman–Crippen MR) is 73.0 cm³/mol. The van der Waals surface area contributed by atoms with Gasteiger partial charge in [-0.1, -0.05) is 22.0 Å². The summed E-state index contributed by atoms with van der Waals surface area (Å²) in [5.41, 5.74) is 7.40. The van der Waals surface area contributed by atoms with Crippen LogP contribution in [-0.4, -0.2) is 11.9 Å². The molecule has 0 saturated heterocycles. The van der Waals surface area contributed by atoms with Crippen LogP contribution in [0.4, 0.5) is 5.69 Å². The second-order valence-electron chi connectivity index (χ2n) is 3.64. The lowest BCUT2D eigenvalue weighted by Crippen LogP contribution is -2.24. The minimum absolute atomic E-state index is 0. The van der Waals surface area contributed by atoms with Crippen LogP contribution in [0.1, 0.15) is 18.9 Å². The van der Waals surface area contributed by atoms with Gasteiger partial charge in [0.2, 0.25) is 5.91 Å². The Kier molecular flexibility index (Phi) is 6.64. The van der Waals surface area contributed by atoms with Gasteiger partial charge in [-0.3, -0.25) is 4.79 Å². The zero-order chi connectivity index (χ0) is 11.4. The van der Waals surface area contributed by atoms with Crippen LogP contribution in [0.25, 0.3) is 0 Å². The van der Waals surface area contributed by atoms with E-state index in [0.29, 0.717) is 6.42 Å². The van der Waals surface area contributed by atoms with E-state index < -0.39 is 0 Å². The Morgan fingerprint density at radius 1 is 1.56 bits per heavy atom. The van der Waals surface area contributed by atoms with Crippen LogP contribution in [0.3, 0.4) is 0 Å². The standard InChI is InChI=1S/C11H15BrN2O.ClH/c1-7(13)6-11(15)14-10-5-3-4-9(12)8(10)2;/h3-5,7H,6,13H2,1-2H3,(H,14,15);1H. The zero-order valence-corrected chi connectivity index (χ0v) is 11.7. The molecular weight excluding hydrogens is 291 g/mol. The van der Waals surface area contributed by atoms with Crippen molar-refractivity contribution in [3.63, 3.8) is 0 Å². The number of carbonyl (C=O) groups excluding carboxylic acids is 1. The smallest absolute Gasteiger partial charge is 0.225 e. The maximum absolute atomic E-state index is 11.5. The molecule has 0 saturated carbocycles. The van der Waals surface area contributed by atoms with Crippen LogP contribution in [-0.2, 0) is 4.79 Å². The van der Waals surface area contributed by atoms with Crippen molar-refractivity contribution < 1.29 is 4.79 Å². The van der Waals surface area contributed by atoms with E-state index in [9.17, 15) is 4.79 Å². The Balaban J connectivity index is 0.00000225. The van der Waals surface area contributed by atoms with Crippen molar-refractivity contribution in [1.29, 1.82) is 0 Å². The first-order valence-electron chi connectivity index (χ1n) is 4.81. The van der Waals surface area contributed by atoms with Gasteiger partial charge in [-0.2, -0.15) is 0 Å². The Bertz CT molecular complexity index is 369. The molecule has 1 aromatic rings. The molecule has 0 aliphatic carbocycles. The normalized spacial score (nSPS) is 11.5. The molecule has 0 radical (unpaired) electrons. The molecule has 3 N–H and O–H groups in total. The summed E-state index contributed by atoms with van der Waals surface area (Å²) in [5.74, 6) is -0.0498. The average Bonchev–Trinajstić information content (AvgIpc) is 2.11. The minimum atomic E-state index is -0.113. The molecule has 1 atom stereocenters. The van der Waals surface area contributed by atoms with Gasteiger partial charge in [0.15, 0.2) is 0 Å². The number of hydrogen-bond acceptors (Lipinski definition) is 2. The molecule has 0 aromatic heterocycles. The van der Waals surface area contributed by atoms with Crippen molar-refractivity contribution in [2.75, 3.05) is 5.32 Å². The molecule has 1 unspecified atom stereocenters. The van der Waals surface area contributed by atoms with E-state index in [1.165, 1.54) is 0 Å². The Morgan fingerprint density at radius 2 is 2.19 bits per heavy atom. The topological polar surface area (TPSA) is 55.1 Å². The van der Waals surface area contributed by atoms with Crippen LogP contribution < -0.4 is 11.1 Å². The van der Waals surface area contributed by atoms with Gasteiger partial charge in [0, 0.05) is 22.6 Å². The summed E-state index contributed by atoms with van der Waals surface area (Å²) in [7, 11) is 0. The number of hydrogen-bond donors (Lipinski definition) is 2. The highest BCUT2D eigenvalue weighted by Gasteiger charge is 2.07. The van der Waals surface area contributed by atoms with E-state index in [0.717, 1.165) is 15.7 Å². The second kappa shape index (κ2) is 6.89. The van der Waals surface area contributed by atoms with Crippen LogP contribution in [0, 0.1) is 6.92 Å². The quantitative estimate of drug-likeness (QED) is 0.902. The molecule has 0 bridgehead atoms. The Morgan fingerprint density at radius 3 is 2.75 bits per heavy atom. The van der Waals surface area contributed by atoms with E-state index in [4.69, 9.17) is 5.73 Å². The molecule has 0 aliphatic heterocycles. The number of carbonyl (C=O) groups is 1. The van der Waals surface area contributed by atoms with E-state index in [-0.39, 0.29) is 24.4 Å². The minimum Gasteiger partial charge on any atom is -0.327 e. The molecule has 1 amide bonds. The lowest BCUT2D eigenvalue weighted by atomic mass is 10.2. The molecule has 0 aliphatic rings. The van der Waals surface area contributed by atoms with E-state index >= 15 is 0 Å². The second-order valence-corrected chi connectivity index (χ2v) is 4.50. The highest BCUT2D eigenvalue weighted by atomic mass is 79.9. The summed E-state index contributed by atoms with van der Waals surface area (Å²) >= 11 is 3.41. The summed E-state index contributed by atoms with van der Waals surface area (Å²) in [6.45, 7) is 3.76. The average molecular weight is 308 g/mol. The van der Waals surface area contributed by atoms with Gasteiger partial charge in [-0.25, -0.2) is 0 Å². The first-order valence-corrected chi connectivity index (χ1v) is 5.60. The molecular formula is C11H16BrClN2O. The summed E-state index contributed by atoms with van der Waals surface area (Å²) in [5, 5.41) is 2.83. The van der Waals surface area contributed by atoms with Crippen molar-refractivity contribution in [1.82, 2.24) is 0 Å². The van der Waals surface area contributed by atoms with Crippen LogP contribution in [0.5, 0.6) is 0 Å². The lowest BCUT2D eigenvalue weighted by molar-refractivity contribution is -0.116. The first kappa shape index (κ1) is 15.4. The molecule has 5 heteroatoms. The first-order chi connectivity index (χ1) is 7.00. The summed E-state index contributed by atoms with van der Waals surface area (Å²) < 4.78 is 0.987. The molecule has 90 valence electrons. The summed E-state index contributed by atoms with van der Waals surface area (Å²) in [6, 6.07) is 5.59. The van der Waals surface area contributed by atoms with Gasteiger partial charge in [-0.15, -0.1) is 12.4 Å². The van der Waals surface area contributed by atoms with Crippen molar-refractivity contribution in [3.05, 3.63) is 28.2 Å². The Labute approximate surface area is 110 Å². The van der Waals surface area contributed by atoms with Crippen LogP contribution in [0.15, 0.2) is 22.7 Å². The maximum Gasteiger partial charge on any atom is 0.225 e. The highest BCUT2D eigenvalue weighted by molar-refractivity contribution is 9.10. The Hall–Kier alpha value is -0.580. The number of nitrogens with two attached hydrogens (primary N) is 1. The number of halogens is 2. The third-order valence-corrected chi connectivity index (χ3v) is 2.91. The summed E-state index contributed by atoms with van der Waals surface area (Å²) in [6.07, 6.45) is 0.339. The fourth-order valence-corrected chi connectivity index (χ4v) is 1.60. The zero-order valence-electron chi connectivity index (χ0n) is 9.29. The van der Waals surface area contributed by atoms with Crippen molar-refractivity contribution >= 4 is 39.9 Å². The maximum atomic E-state index is 11.5. The third-order valence-electron chi connectivity index (χ3n) is 2.05. The molecule has 3 nitrogen and oxygen atoms in total. The fourth-order valence-electron chi connectivity index (χ4n) is 1.24. The van der Waals surface area contributed by atoms with Crippen molar-refractivity contribution in [2.24, 2.45) is 5.73 Å². The molecule has 0 heterocycles. The molecule has 1 rings (SSSR count). The van der Waals surface area contributed by atoms with Gasteiger partial charge in [0.05, 0.1) is 0 Å². The molecule has 16 heavy (non-hydrogen) atoms. The molecule has 0 spiro atoms. The van der Waals surface area contributed by atoms with E-state index in [1.54, 1.807) is 0 Å².